The lowest BCUT2D eigenvalue weighted by atomic mass is 10.0. The number of hydrogen-bond acceptors (Lipinski definition) is 3. The number of aryl methyl sites for hydroxylation is 1. The quantitative estimate of drug-likeness (QED) is 0.628. The van der Waals surface area contributed by atoms with E-state index < -0.39 is 0 Å². The molecule has 1 aromatic carbocycles. The molecule has 1 aliphatic heterocycles. The molecule has 0 fully saturated rings. The van der Waals surface area contributed by atoms with Gasteiger partial charge in [0.1, 0.15) is 0 Å². The van der Waals surface area contributed by atoms with Crippen LogP contribution in [0.15, 0.2) is 23.1 Å². The minimum atomic E-state index is 0.640. The molecule has 0 saturated heterocycles. The SMILES string of the molecule is COCNCCc1ccc2c(c1)CCCS2. The van der Waals surface area contributed by atoms with Gasteiger partial charge in [0.2, 0.25) is 0 Å². The summed E-state index contributed by atoms with van der Waals surface area (Å²) in [4.78, 5) is 1.49. The molecule has 0 atom stereocenters. The highest BCUT2D eigenvalue weighted by Crippen LogP contribution is 2.30. The van der Waals surface area contributed by atoms with Gasteiger partial charge in [-0.1, -0.05) is 12.1 Å². The predicted molar refractivity (Wildman–Crippen MR) is 69.1 cm³/mol. The number of methoxy groups -OCH3 is 1. The molecule has 0 radical (unpaired) electrons. The van der Waals surface area contributed by atoms with Gasteiger partial charge in [0, 0.05) is 18.6 Å². The van der Waals surface area contributed by atoms with Crippen LogP contribution in [0.3, 0.4) is 0 Å². The summed E-state index contributed by atoms with van der Waals surface area (Å²) in [7, 11) is 1.71. The first-order chi connectivity index (χ1) is 7.90. The Morgan fingerprint density at radius 1 is 1.44 bits per heavy atom. The van der Waals surface area contributed by atoms with Gasteiger partial charge in [-0.15, -0.1) is 11.8 Å². The summed E-state index contributed by atoms with van der Waals surface area (Å²) >= 11 is 1.99. The Balaban J connectivity index is 1.90. The third-order valence-corrected chi connectivity index (χ3v) is 4.01. The van der Waals surface area contributed by atoms with Gasteiger partial charge in [-0.3, -0.25) is 5.32 Å². The molecule has 0 spiro atoms. The standard InChI is InChI=1S/C13H19NOS/c1-15-10-14-7-6-11-4-5-13-12(9-11)3-2-8-16-13/h4-5,9,14H,2-3,6-8,10H2,1H3. The van der Waals surface area contributed by atoms with E-state index in [1.54, 1.807) is 12.7 Å². The van der Waals surface area contributed by atoms with Crippen LogP contribution in [0, 0.1) is 0 Å². The second-order valence-corrected chi connectivity index (χ2v) is 5.21. The van der Waals surface area contributed by atoms with Crippen LogP contribution in [0.2, 0.25) is 0 Å². The molecule has 16 heavy (non-hydrogen) atoms. The van der Waals surface area contributed by atoms with E-state index >= 15 is 0 Å². The van der Waals surface area contributed by atoms with Crippen molar-refractivity contribution in [1.82, 2.24) is 5.32 Å². The fourth-order valence-electron chi connectivity index (χ4n) is 1.98. The van der Waals surface area contributed by atoms with Crippen LogP contribution in [0.4, 0.5) is 0 Å². The van der Waals surface area contributed by atoms with E-state index in [1.807, 2.05) is 11.8 Å². The summed E-state index contributed by atoms with van der Waals surface area (Å²) in [5.74, 6) is 1.28. The predicted octanol–water partition coefficient (Wildman–Crippen LogP) is 2.46. The number of benzene rings is 1. The summed E-state index contributed by atoms with van der Waals surface area (Å²) in [6, 6.07) is 6.91. The van der Waals surface area contributed by atoms with Gasteiger partial charge in [-0.25, -0.2) is 0 Å². The largest absolute Gasteiger partial charge is 0.370 e. The number of ether oxygens (including phenoxy) is 1. The second kappa shape index (κ2) is 6.28. The van der Waals surface area contributed by atoms with Gasteiger partial charge in [0.25, 0.3) is 0 Å². The van der Waals surface area contributed by atoms with Crippen molar-refractivity contribution < 1.29 is 4.74 Å². The molecule has 0 amide bonds. The van der Waals surface area contributed by atoms with E-state index in [0.29, 0.717) is 6.73 Å². The van der Waals surface area contributed by atoms with Crippen molar-refractivity contribution in [1.29, 1.82) is 0 Å². The molecular weight excluding hydrogens is 218 g/mol. The molecule has 0 unspecified atom stereocenters. The van der Waals surface area contributed by atoms with Crippen molar-refractivity contribution >= 4 is 11.8 Å². The van der Waals surface area contributed by atoms with Crippen LogP contribution in [0.25, 0.3) is 0 Å². The van der Waals surface area contributed by atoms with Crippen molar-refractivity contribution in [2.24, 2.45) is 0 Å². The van der Waals surface area contributed by atoms with Crippen molar-refractivity contribution in [2.75, 3.05) is 26.1 Å². The third kappa shape index (κ3) is 3.24. The zero-order valence-electron chi connectivity index (χ0n) is 9.79. The zero-order chi connectivity index (χ0) is 11.2. The molecule has 0 aromatic heterocycles. The molecule has 0 saturated carbocycles. The molecule has 1 aromatic rings. The van der Waals surface area contributed by atoms with Crippen LogP contribution in [-0.4, -0.2) is 26.1 Å². The Morgan fingerprint density at radius 3 is 3.25 bits per heavy atom. The molecule has 2 nitrogen and oxygen atoms in total. The molecule has 0 bridgehead atoms. The molecule has 2 rings (SSSR count). The number of nitrogens with one attached hydrogen (secondary N) is 1. The number of rotatable bonds is 5. The summed E-state index contributed by atoms with van der Waals surface area (Å²) in [5, 5.41) is 3.24. The summed E-state index contributed by atoms with van der Waals surface area (Å²) in [6.07, 6.45) is 3.66. The van der Waals surface area contributed by atoms with Crippen molar-refractivity contribution in [3.8, 4) is 0 Å². The van der Waals surface area contributed by atoms with Gasteiger partial charge in [-0.05, 0) is 42.2 Å². The highest BCUT2D eigenvalue weighted by Gasteiger charge is 2.09. The first-order valence-electron chi connectivity index (χ1n) is 5.84. The van der Waals surface area contributed by atoms with Crippen LogP contribution < -0.4 is 5.32 Å². The van der Waals surface area contributed by atoms with Crippen LogP contribution >= 0.6 is 11.8 Å². The van der Waals surface area contributed by atoms with E-state index in [-0.39, 0.29) is 0 Å². The third-order valence-electron chi connectivity index (χ3n) is 2.81. The van der Waals surface area contributed by atoms with E-state index in [0.717, 1.165) is 13.0 Å². The highest BCUT2D eigenvalue weighted by atomic mass is 32.2. The highest BCUT2D eigenvalue weighted by molar-refractivity contribution is 7.99. The monoisotopic (exact) mass is 237 g/mol. The molecule has 88 valence electrons. The van der Waals surface area contributed by atoms with Gasteiger partial charge < -0.3 is 4.74 Å². The summed E-state index contributed by atoms with van der Waals surface area (Å²) < 4.78 is 4.96. The fraction of sp³-hybridized carbons (Fsp3) is 0.538. The molecule has 1 aliphatic rings. The molecule has 1 N–H and O–H groups in total. The maximum Gasteiger partial charge on any atom is 0.0961 e. The fourth-order valence-corrected chi connectivity index (χ4v) is 3.00. The van der Waals surface area contributed by atoms with Gasteiger partial charge in [-0.2, -0.15) is 0 Å². The van der Waals surface area contributed by atoms with E-state index in [9.17, 15) is 0 Å². The summed E-state index contributed by atoms with van der Waals surface area (Å²) in [6.45, 7) is 1.63. The lowest BCUT2D eigenvalue weighted by Gasteiger charge is -2.16. The molecule has 1 heterocycles. The van der Waals surface area contributed by atoms with Crippen LogP contribution in [-0.2, 0) is 17.6 Å². The van der Waals surface area contributed by atoms with E-state index in [1.165, 1.54) is 29.1 Å². The zero-order valence-corrected chi connectivity index (χ0v) is 10.6. The first-order valence-corrected chi connectivity index (χ1v) is 6.83. The first kappa shape index (κ1) is 12.0. The number of fused-ring (bicyclic) bond motifs is 1. The summed E-state index contributed by atoms with van der Waals surface area (Å²) in [5.41, 5.74) is 2.98. The minimum Gasteiger partial charge on any atom is -0.370 e. The Kier molecular flexibility index (Phi) is 4.69. The van der Waals surface area contributed by atoms with Crippen molar-refractivity contribution in [2.45, 2.75) is 24.2 Å². The van der Waals surface area contributed by atoms with E-state index in [4.69, 9.17) is 4.74 Å². The van der Waals surface area contributed by atoms with E-state index in [2.05, 4.69) is 23.5 Å². The Hall–Kier alpha value is -0.510. The van der Waals surface area contributed by atoms with Crippen LogP contribution in [0.5, 0.6) is 0 Å². The van der Waals surface area contributed by atoms with Gasteiger partial charge >= 0.3 is 0 Å². The smallest absolute Gasteiger partial charge is 0.0961 e. The van der Waals surface area contributed by atoms with Crippen molar-refractivity contribution in [3.63, 3.8) is 0 Å². The lowest BCUT2D eigenvalue weighted by molar-refractivity contribution is 0.176. The Morgan fingerprint density at radius 2 is 2.38 bits per heavy atom. The maximum atomic E-state index is 4.96. The Bertz CT molecular complexity index is 341. The molecule has 0 aliphatic carbocycles. The van der Waals surface area contributed by atoms with Gasteiger partial charge in [0.15, 0.2) is 0 Å². The molecule has 3 heteroatoms. The average molecular weight is 237 g/mol. The Labute approximate surface area is 102 Å². The van der Waals surface area contributed by atoms with Crippen LogP contribution in [0.1, 0.15) is 17.5 Å². The number of hydrogen-bond donors (Lipinski definition) is 1. The molecular formula is C13H19NOS. The second-order valence-electron chi connectivity index (χ2n) is 4.08. The maximum absolute atomic E-state index is 4.96. The van der Waals surface area contributed by atoms with Gasteiger partial charge in [0.05, 0.1) is 6.73 Å². The number of thioether (sulfide) groups is 1. The normalized spacial score (nSPS) is 14.8. The lowest BCUT2D eigenvalue weighted by Crippen LogP contribution is -2.19. The average Bonchev–Trinajstić information content (AvgIpc) is 2.34. The van der Waals surface area contributed by atoms with Crippen molar-refractivity contribution in [3.05, 3.63) is 29.3 Å². The topological polar surface area (TPSA) is 21.3 Å². The minimum absolute atomic E-state index is 0.640.